The molecule has 0 fully saturated rings. The average molecular weight is 541 g/mol. The molecule has 4 aromatic rings. The molecular formula is C26H18Cl2N2O5S. The number of thiophene rings is 1. The molecule has 7 nitrogen and oxygen atoms in total. The predicted octanol–water partition coefficient (Wildman–Crippen LogP) is 6.21. The number of hydrogen-bond acceptors (Lipinski definition) is 7. The fraction of sp³-hybridized carbons (Fsp3) is 0.0385. The highest BCUT2D eigenvalue weighted by Crippen LogP contribution is 2.21. The van der Waals surface area contributed by atoms with E-state index in [-0.39, 0.29) is 0 Å². The van der Waals surface area contributed by atoms with E-state index in [1.807, 2.05) is 0 Å². The summed E-state index contributed by atoms with van der Waals surface area (Å²) < 4.78 is 16.7. The third kappa shape index (κ3) is 7.32. The maximum Gasteiger partial charge on any atom is 0.353 e. The lowest BCUT2D eigenvalue weighted by atomic mass is 10.2. The van der Waals surface area contributed by atoms with Crippen LogP contribution in [0.5, 0.6) is 17.2 Å². The monoisotopic (exact) mass is 540 g/mol. The lowest BCUT2D eigenvalue weighted by Gasteiger charge is -2.19. The molecule has 10 heteroatoms. The molecule has 0 saturated carbocycles. The van der Waals surface area contributed by atoms with Gasteiger partial charge in [-0.25, -0.2) is 10.2 Å². The van der Waals surface area contributed by atoms with Gasteiger partial charge in [0.15, 0.2) is 0 Å². The highest BCUT2D eigenvalue weighted by Gasteiger charge is 2.22. The summed E-state index contributed by atoms with van der Waals surface area (Å²) in [6.45, 7) is 0. The molecule has 0 bridgehead atoms. The molecule has 1 aromatic heterocycles. The molecule has 182 valence electrons. The zero-order valence-electron chi connectivity index (χ0n) is 18.5. The van der Waals surface area contributed by atoms with Crippen LogP contribution >= 0.6 is 34.5 Å². The molecule has 36 heavy (non-hydrogen) atoms. The Kier molecular flexibility index (Phi) is 8.57. The number of ether oxygens (including phenoxy) is 3. The number of nitrogens with zero attached hydrogens (tertiary/aromatic N) is 1. The Morgan fingerprint density at radius 3 is 1.89 bits per heavy atom. The van der Waals surface area contributed by atoms with Crippen LogP contribution in [-0.2, 0) is 4.79 Å². The maximum absolute atomic E-state index is 12.8. The van der Waals surface area contributed by atoms with Crippen LogP contribution in [0, 0.1) is 0 Å². The Morgan fingerprint density at radius 2 is 1.36 bits per heavy atom. The first-order valence-corrected chi connectivity index (χ1v) is 12.1. The van der Waals surface area contributed by atoms with Crippen LogP contribution in [0.4, 0.5) is 0 Å². The van der Waals surface area contributed by atoms with Gasteiger partial charge >= 0.3 is 18.2 Å². The van der Waals surface area contributed by atoms with Crippen molar-refractivity contribution in [3.8, 4) is 17.2 Å². The molecule has 4 rings (SSSR count). The lowest BCUT2D eigenvalue weighted by molar-refractivity contribution is -0.140. The third-order valence-electron chi connectivity index (χ3n) is 4.53. The molecule has 0 spiro atoms. The standard InChI is InChI=1S/C26H18Cl2N2O5S/c27-18-5-11-21(12-6-18)34-26(35-22-13-7-19(28)8-14-22)24(31)30-29-16-17-3-9-20(10-4-17)33-25(32)23-2-1-15-36-23/h1-16,26H,(H,30,31). The van der Waals surface area contributed by atoms with E-state index in [4.69, 9.17) is 37.4 Å². The van der Waals surface area contributed by atoms with Gasteiger partial charge in [-0.3, -0.25) is 4.79 Å². The molecule has 1 heterocycles. The fourth-order valence-electron chi connectivity index (χ4n) is 2.80. The van der Waals surface area contributed by atoms with E-state index >= 15 is 0 Å². The van der Waals surface area contributed by atoms with Crippen LogP contribution in [0.1, 0.15) is 15.2 Å². The van der Waals surface area contributed by atoms with Gasteiger partial charge in [-0.1, -0.05) is 29.3 Å². The van der Waals surface area contributed by atoms with Crippen molar-refractivity contribution < 1.29 is 23.8 Å². The summed E-state index contributed by atoms with van der Waals surface area (Å²) in [7, 11) is 0. The number of hydrazone groups is 1. The molecule has 1 amide bonds. The van der Waals surface area contributed by atoms with Gasteiger partial charge in [0, 0.05) is 10.0 Å². The molecule has 0 aliphatic rings. The Morgan fingerprint density at radius 1 is 0.806 bits per heavy atom. The van der Waals surface area contributed by atoms with Crippen LogP contribution in [0.15, 0.2) is 95.4 Å². The second-order valence-electron chi connectivity index (χ2n) is 7.15. The van der Waals surface area contributed by atoms with Crippen molar-refractivity contribution >= 4 is 52.6 Å². The highest BCUT2D eigenvalue weighted by molar-refractivity contribution is 7.12. The summed E-state index contributed by atoms with van der Waals surface area (Å²) in [6.07, 6.45) is 0.0910. The topological polar surface area (TPSA) is 86.2 Å². The number of hydrogen-bond donors (Lipinski definition) is 1. The zero-order chi connectivity index (χ0) is 25.3. The van der Waals surface area contributed by atoms with Gasteiger partial charge in [-0.05, 0) is 89.8 Å². The minimum absolute atomic E-state index is 0.380. The van der Waals surface area contributed by atoms with Crippen LogP contribution in [-0.4, -0.2) is 24.4 Å². The molecule has 1 N–H and O–H groups in total. The van der Waals surface area contributed by atoms with Gasteiger partial charge in [0.25, 0.3) is 0 Å². The summed E-state index contributed by atoms with van der Waals surface area (Å²) in [5, 5.41) is 6.83. The van der Waals surface area contributed by atoms with E-state index in [9.17, 15) is 9.59 Å². The fourth-order valence-corrected chi connectivity index (χ4v) is 3.65. The van der Waals surface area contributed by atoms with E-state index in [1.54, 1.807) is 90.3 Å². The molecular weight excluding hydrogens is 523 g/mol. The lowest BCUT2D eigenvalue weighted by Crippen LogP contribution is -2.40. The van der Waals surface area contributed by atoms with Gasteiger partial charge < -0.3 is 14.2 Å². The summed E-state index contributed by atoms with van der Waals surface area (Å²) in [6, 6.07) is 23.1. The van der Waals surface area contributed by atoms with E-state index in [2.05, 4.69) is 10.5 Å². The smallest absolute Gasteiger partial charge is 0.353 e. The van der Waals surface area contributed by atoms with E-state index in [1.165, 1.54) is 17.6 Å². The molecule has 0 saturated heterocycles. The first-order valence-electron chi connectivity index (χ1n) is 10.5. The van der Waals surface area contributed by atoms with Crippen molar-refractivity contribution in [3.05, 3.63) is 111 Å². The van der Waals surface area contributed by atoms with Gasteiger partial charge in [0.1, 0.15) is 22.1 Å². The van der Waals surface area contributed by atoms with Gasteiger partial charge in [0.2, 0.25) is 0 Å². The normalized spacial score (nSPS) is 10.9. The molecule has 0 aliphatic heterocycles. The Labute approximate surface area is 220 Å². The summed E-state index contributed by atoms with van der Waals surface area (Å²) >= 11 is 13.1. The SMILES string of the molecule is O=C(Oc1ccc(C=NNC(=O)C(Oc2ccc(Cl)cc2)Oc2ccc(Cl)cc2)cc1)c1cccs1. The summed E-state index contributed by atoms with van der Waals surface area (Å²) in [5.74, 6) is 0.0847. The van der Waals surface area contributed by atoms with Crippen LogP contribution in [0.3, 0.4) is 0 Å². The molecule has 0 aliphatic carbocycles. The first-order chi connectivity index (χ1) is 17.5. The maximum atomic E-state index is 12.8. The van der Waals surface area contributed by atoms with Gasteiger partial charge in [0.05, 0.1) is 6.21 Å². The Bertz CT molecular complexity index is 1280. The number of amides is 1. The number of carbonyl (C=O) groups excluding carboxylic acids is 2. The van der Waals surface area contributed by atoms with E-state index in [0.29, 0.717) is 37.7 Å². The summed E-state index contributed by atoms with van der Waals surface area (Å²) in [4.78, 5) is 25.3. The number of benzene rings is 3. The van der Waals surface area contributed by atoms with Crippen molar-refractivity contribution in [2.45, 2.75) is 6.29 Å². The largest absolute Gasteiger partial charge is 0.446 e. The average Bonchev–Trinajstić information content (AvgIpc) is 3.43. The first kappa shape index (κ1) is 25.2. The number of halogens is 2. The van der Waals surface area contributed by atoms with Crippen molar-refractivity contribution in [1.29, 1.82) is 0 Å². The van der Waals surface area contributed by atoms with Crippen LogP contribution in [0.25, 0.3) is 0 Å². The third-order valence-corrected chi connectivity index (χ3v) is 5.88. The van der Waals surface area contributed by atoms with Crippen LogP contribution in [0.2, 0.25) is 10.0 Å². The zero-order valence-corrected chi connectivity index (χ0v) is 20.8. The minimum Gasteiger partial charge on any atom is -0.446 e. The van der Waals surface area contributed by atoms with Crippen molar-refractivity contribution in [1.82, 2.24) is 5.43 Å². The quantitative estimate of drug-likeness (QED) is 0.0896. The van der Waals surface area contributed by atoms with Crippen molar-refractivity contribution in [2.75, 3.05) is 0 Å². The molecule has 0 atom stereocenters. The molecule has 0 unspecified atom stereocenters. The number of carbonyl (C=O) groups is 2. The molecule has 0 radical (unpaired) electrons. The number of nitrogens with one attached hydrogen (secondary N) is 1. The number of esters is 1. The number of rotatable bonds is 9. The van der Waals surface area contributed by atoms with Crippen molar-refractivity contribution in [3.63, 3.8) is 0 Å². The second-order valence-corrected chi connectivity index (χ2v) is 8.97. The molecule has 3 aromatic carbocycles. The van der Waals surface area contributed by atoms with Gasteiger partial charge in [-0.15, -0.1) is 11.3 Å². The predicted molar refractivity (Wildman–Crippen MR) is 139 cm³/mol. The summed E-state index contributed by atoms with van der Waals surface area (Å²) in [5.41, 5.74) is 3.07. The second kappa shape index (κ2) is 12.2. The highest BCUT2D eigenvalue weighted by atomic mass is 35.5. The van der Waals surface area contributed by atoms with E-state index < -0.39 is 18.2 Å². The van der Waals surface area contributed by atoms with Crippen LogP contribution < -0.4 is 19.6 Å². The van der Waals surface area contributed by atoms with Gasteiger partial charge in [-0.2, -0.15) is 5.10 Å². The minimum atomic E-state index is -1.34. The van der Waals surface area contributed by atoms with Crippen molar-refractivity contribution in [2.24, 2.45) is 5.10 Å². The Hall–Kier alpha value is -3.85. The van der Waals surface area contributed by atoms with E-state index in [0.717, 1.165) is 0 Å². The Balaban J connectivity index is 1.38.